The summed E-state index contributed by atoms with van der Waals surface area (Å²) in [6.07, 6.45) is 2.59. The second-order valence-electron chi connectivity index (χ2n) is 8.41. The van der Waals surface area contributed by atoms with E-state index in [1.165, 1.54) is 11.3 Å². The lowest BCUT2D eigenvalue weighted by atomic mass is 10.1. The van der Waals surface area contributed by atoms with Crippen LogP contribution in [0.15, 0.2) is 67.0 Å². The van der Waals surface area contributed by atoms with Gasteiger partial charge < -0.3 is 15.1 Å². The van der Waals surface area contributed by atoms with Gasteiger partial charge in [-0.15, -0.1) is 0 Å². The van der Waals surface area contributed by atoms with Crippen molar-refractivity contribution >= 4 is 28.4 Å². The zero-order valence-corrected chi connectivity index (χ0v) is 18.2. The first-order valence-corrected chi connectivity index (χ1v) is 11.4. The summed E-state index contributed by atoms with van der Waals surface area (Å²) in [6, 6.07) is 20.1. The van der Waals surface area contributed by atoms with Gasteiger partial charge >= 0.3 is 0 Å². The summed E-state index contributed by atoms with van der Waals surface area (Å²) in [6.45, 7) is 4.00. The quantitative estimate of drug-likeness (QED) is 0.530. The Bertz CT molecular complexity index is 1350. The topological polar surface area (TPSA) is 74.2 Å². The lowest BCUT2D eigenvalue weighted by Gasteiger charge is -2.27. The highest BCUT2D eigenvalue weighted by atomic mass is 16.2. The number of fused-ring (bicyclic) bond motifs is 2. The molecule has 2 aliphatic rings. The van der Waals surface area contributed by atoms with Gasteiger partial charge in [0.15, 0.2) is 5.82 Å². The maximum atomic E-state index is 13.0. The van der Waals surface area contributed by atoms with E-state index in [2.05, 4.69) is 44.5 Å². The predicted molar refractivity (Wildman–Crippen MR) is 129 cm³/mol. The molecule has 1 fully saturated rings. The molecule has 4 aromatic rings. The summed E-state index contributed by atoms with van der Waals surface area (Å²) < 4.78 is 0. The number of anilines is 2. The molecule has 1 N–H and O–H groups in total. The number of amides is 1. The minimum Gasteiger partial charge on any atom is -0.336 e. The van der Waals surface area contributed by atoms with E-state index >= 15 is 0 Å². The maximum Gasteiger partial charge on any atom is 0.253 e. The monoisotopic (exact) mass is 436 g/mol. The fourth-order valence-electron chi connectivity index (χ4n) is 4.71. The number of para-hydroxylation sites is 1. The van der Waals surface area contributed by atoms with Crippen LogP contribution < -0.4 is 10.2 Å². The Morgan fingerprint density at radius 1 is 0.909 bits per heavy atom. The maximum absolute atomic E-state index is 13.0. The van der Waals surface area contributed by atoms with E-state index in [-0.39, 0.29) is 5.91 Å². The molecule has 0 atom stereocenters. The van der Waals surface area contributed by atoms with Gasteiger partial charge in [0.2, 0.25) is 0 Å². The number of rotatable bonds is 3. The van der Waals surface area contributed by atoms with E-state index in [1.54, 1.807) is 6.33 Å². The van der Waals surface area contributed by atoms with Crippen molar-refractivity contribution in [3.63, 3.8) is 0 Å². The SMILES string of the molecule is O=C(c1cccc(-c2ccc3ncnc(N4CCc5ccccc54)c3n2)c1)N1CCNCC1. The highest BCUT2D eigenvalue weighted by Gasteiger charge is 2.24. The lowest BCUT2D eigenvalue weighted by Crippen LogP contribution is -2.46. The molecule has 7 heteroatoms. The van der Waals surface area contributed by atoms with Crippen molar-refractivity contribution in [2.75, 3.05) is 37.6 Å². The summed E-state index contributed by atoms with van der Waals surface area (Å²) in [7, 11) is 0. The van der Waals surface area contributed by atoms with Gasteiger partial charge in [-0.3, -0.25) is 4.79 Å². The van der Waals surface area contributed by atoms with Gasteiger partial charge in [0.25, 0.3) is 5.91 Å². The summed E-state index contributed by atoms with van der Waals surface area (Å²) in [5.41, 5.74) is 6.48. The smallest absolute Gasteiger partial charge is 0.253 e. The molecule has 33 heavy (non-hydrogen) atoms. The summed E-state index contributed by atoms with van der Waals surface area (Å²) >= 11 is 0. The first-order chi connectivity index (χ1) is 16.3. The van der Waals surface area contributed by atoms with Crippen LogP contribution >= 0.6 is 0 Å². The van der Waals surface area contributed by atoms with Crippen LogP contribution in [0.3, 0.4) is 0 Å². The highest BCUT2D eigenvalue weighted by molar-refractivity contribution is 5.96. The molecule has 0 radical (unpaired) electrons. The molecule has 164 valence electrons. The van der Waals surface area contributed by atoms with Gasteiger partial charge in [-0.05, 0) is 42.3 Å². The van der Waals surface area contributed by atoms with E-state index in [1.807, 2.05) is 41.3 Å². The van der Waals surface area contributed by atoms with Crippen molar-refractivity contribution in [3.05, 3.63) is 78.1 Å². The zero-order valence-electron chi connectivity index (χ0n) is 18.2. The van der Waals surface area contributed by atoms with Crippen molar-refractivity contribution < 1.29 is 4.79 Å². The standard InChI is InChI=1S/C26H24N6O/c33-26(31-14-11-27-12-15-31)20-6-3-5-19(16-20)21-8-9-22-24(30-21)25(29-17-28-22)32-13-10-18-4-1-2-7-23(18)32/h1-9,16-17,27H,10-15H2. The Morgan fingerprint density at radius 3 is 2.70 bits per heavy atom. The van der Waals surface area contributed by atoms with Crippen molar-refractivity contribution in [3.8, 4) is 11.3 Å². The third kappa shape index (κ3) is 3.60. The Labute approximate surface area is 192 Å². The molecule has 1 amide bonds. The number of aromatic nitrogens is 3. The van der Waals surface area contributed by atoms with Crippen molar-refractivity contribution in [1.29, 1.82) is 0 Å². The van der Waals surface area contributed by atoms with Crippen LogP contribution in [-0.2, 0) is 6.42 Å². The molecule has 7 nitrogen and oxygen atoms in total. The van der Waals surface area contributed by atoms with Gasteiger partial charge in [-0.2, -0.15) is 0 Å². The Hall–Kier alpha value is -3.84. The van der Waals surface area contributed by atoms with Crippen molar-refractivity contribution in [1.82, 2.24) is 25.2 Å². The van der Waals surface area contributed by atoms with E-state index in [0.717, 1.165) is 67.3 Å². The minimum absolute atomic E-state index is 0.0665. The molecular weight excluding hydrogens is 412 g/mol. The molecule has 0 unspecified atom stereocenters. The Kier molecular flexibility index (Phi) is 4.96. The number of nitrogens with one attached hydrogen (secondary N) is 1. The van der Waals surface area contributed by atoms with Gasteiger partial charge in [0, 0.05) is 49.5 Å². The molecule has 0 bridgehead atoms. The van der Waals surface area contributed by atoms with Crippen LogP contribution in [0, 0.1) is 0 Å². The van der Waals surface area contributed by atoms with Crippen LogP contribution in [0.2, 0.25) is 0 Å². The van der Waals surface area contributed by atoms with E-state index in [9.17, 15) is 4.79 Å². The van der Waals surface area contributed by atoms with Gasteiger partial charge in [0.05, 0.1) is 11.2 Å². The third-order valence-corrected chi connectivity index (χ3v) is 6.41. The number of nitrogens with zero attached hydrogens (tertiary/aromatic N) is 5. The molecule has 2 aromatic heterocycles. The number of hydrogen-bond acceptors (Lipinski definition) is 6. The first kappa shape index (κ1) is 19.8. The molecule has 2 aliphatic heterocycles. The van der Waals surface area contributed by atoms with E-state index < -0.39 is 0 Å². The highest BCUT2D eigenvalue weighted by Crippen LogP contribution is 2.36. The number of carbonyl (C=O) groups is 1. The number of carbonyl (C=O) groups excluding carboxylic acids is 1. The van der Waals surface area contributed by atoms with Crippen LogP contribution in [0.4, 0.5) is 11.5 Å². The largest absolute Gasteiger partial charge is 0.336 e. The summed E-state index contributed by atoms with van der Waals surface area (Å²) in [5, 5.41) is 3.29. The molecular formula is C26H24N6O. The second kappa shape index (κ2) is 8.26. The van der Waals surface area contributed by atoms with Gasteiger partial charge in [0.1, 0.15) is 11.8 Å². The molecule has 6 rings (SSSR count). The molecule has 0 aliphatic carbocycles. The molecule has 4 heterocycles. The third-order valence-electron chi connectivity index (χ3n) is 6.41. The summed E-state index contributed by atoms with van der Waals surface area (Å²) in [4.78, 5) is 31.2. The van der Waals surface area contributed by atoms with Crippen LogP contribution in [0.1, 0.15) is 15.9 Å². The summed E-state index contributed by atoms with van der Waals surface area (Å²) in [5.74, 6) is 0.886. The number of benzene rings is 2. The van der Waals surface area contributed by atoms with Crippen molar-refractivity contribution in [2.45, 2.75) is 6.42 Å². The molecule has 0 saturated carbocycles. The van der Waals surface area contributed by atoms with E-state index in [4.69, 9.17) is 4.98 Å². The van der Waals surface area contributed by atoms with Crippen LogP contribution in [0.25, 0.3) is 22.3 Å². The second-order valence-corrected chi connectivity index (χ2v) is 8.41. The van der Waals surface area contributed by atoms with Crippen LogP contribution in [0.5, 0.6) is 0 Å². The number of hydrogen-bond donors (Lipinski definition) is 1. The average Bonchev–Trinajstić information content (AvgIpc) is 3.32. The first-order valence-electron chi connectivity index (χ1n) is 11.4. The zero-order chi connectivity index (χ0) is 22.2. The molecule has 1 saturated heterocycles. The average molecular weight is 437 g/mol. The van der Waals surface area contributed by atoms with Crippen LogP contribution in [-0.4, -0.2) is 58.5 Å². The number of piperazine rings is 1. The molecule has 0 spiro atoms. The Balaban J connectivity index is 1.39. The normalized spacial score (nSPS) is 15.6. The van der Waals surface area contributed by atoms with Crippen molar-refractivity contribution in [2.24, 2.45) is 0 Å². The fourth-order valence-corrected chi connectivity index (χ4v) is 4.71. The lowest BCUT2D eigenvalue weighted by molar-refractivity contribution is 0.0736. The van der Waals surface area contributed by atoms with Gasteiger partial charge in [-0.25, -0.2) is 15.0 Å². The minimum atomic E-state index is 0.0665. The van der Waals surface area contributed by atoms with E-state index in [0.29, 0.717) is 5.56 Å². The predicted octanol–water partition coefficient (Wildman–Crippen LogP) is 3.43. The Morgan fingerprint density at radius 2 is 1.79 bits per heavy atom. The number of pyridine rings is 1. The molecule has 2 aromatic carbocycles. The van der Waals surface area contributed by atoms with Gasteiger partial charge in [-0.1, -0.05) is 30.3 Å². The fraction of sp³-hybridized carbons (Fsp3) is 0.231.